The summed E-state index contributed by atoms with van der Waals surface area (Å²) >= 11 is 0. The summed E-state index contributed by atoms with van der Waals surface area (Å²) in [4.78, 5) is 16.9. The van der Waals surface area contributed by atoms with Gasteiger partial charge in [-0.25, -0.2) is 4.98 Å². The molecule has 0 spiro atoms. The van der Waals surface area contributed by atoms with Gasteiger partial charge in [0.15, 0.2) is 0 Å². The molecule has 1 aliphatic heterocycles. The van der Waals surface area contributed by atoms with Crippen LogP contribution in [0.4, 0.5) is 13.2 Å². The van der Waals surface area contributed by atoms with Crippen LogP contribution in [0.25, 0.3) is 0 Å². The van der Waals surface area contributed by atoms with Crippen LogP contribution in [0.3, 0.4) is 0 Å². The van der Waals surface area contributed by atoms with Crippen LogP contribution >= 0.6 is 0 Å². The van der Waals surface area contributed by atoms with Gasteiger partial charge in [-0.3, -0.25) is 4.79 Å². The molecule has 0 saturated carbocycles. The fourth-order valence-electron chi connectivity index (χ4n) is 3.64. The Morgan fingerprint density at radius 1 is 1.19 bits per heavy atom. The zero-order chi connectivity index (χ0) is 22.6. The molecule has 3 unspecified atom stereocenters. The first-order valence-electron chi connectivity index (χ1n) is 10.4. The largest absolute Gasteiger partial charge is 0.473 e. The van der Waals surface area contributed by atoms with Crippen molar-refractivity contribution >= 4 is 5.91 Å². The molecule has 31 heavy (non-hydrogen) atoms. The Labute approximate surface area is 180 Å². The summed E-state index contributed by atoms with van der Waals surface area (Å²) in [5, 5.41) is 6.48. The van der Waals surface area contributed by atoms with E-state index in [9.17, 15) is 18.0 Å². The topological polar surface area (TPSA) is 63.2 Å². The maximum Gasteiger partial charge on any atom is 0.421 e. The maximum atomic E-state index is 13.3. The molecule has 3 rings (SSSR count). The molecule has 0 bridgehead atoms. The highest BCUT2D eigenvalue weighted by Gasteiger charge is 2.41. The van der Waals surface area contributed by atoms with Crippen molar-refractivity contribution in [3.05, 3.63) is 59.8 Å². The van der Waals surface area contributed by atoms with Crippen LogP contribution in [-0.4, -0.2) is 36.1 Å². The van der Waals surface area contributed by atoms with E-state index in [2.05, 4.69) is 15.6 Å². The van der Waals surface area contributed by atoms with E-state index < -0.39 is 29.1 Å². The number of ether oxygens (including phenoxy) is 1. The van der Waals surface area contributed by atoms with Crippen molar-refractivity contribution < 1.29 is 22.7 Å². The minimum atomic E-state index is -4.59. The van der Waals surface area contributed by atoms with Gasteiger partial charge in [0.2, 0.25) is 11.8 Å². The van der Waals surface area contributed by atoms with Crippen molar-refractivity contribution in [3.8, 4) is 5.88 Å². The summed E-state index contributed by atoms with van der Waals surface area (Å²) < 4.78 is 45.3. The van der Waals surface area contributed by atoms with Crippen LogP contribution < -0.4 is 15.4 Å². The molecule has 1 saturated heterocycles. The van der Waals surface area contributed by atoms with E-state index >= 15 is 0 Å². The molecule has 2 aromatic rings. The molecule has 0 radical (unpaired) electrons. The maximum absolute atomic E-state index is 13.3. The van der Waals surface area contributed by atoms with Gasteiger partial charge in [-0.05, 0) is 51.4 Å². The van der Waals surface area contributed by atoms with Gasteiger partial charge in [0, 0.05) is 24.7 Å². The first-order chi connectivity index (χ1) is 14.6. The number of alkyl halides is 3. The fraction of sp³-hybridized carbons (Fsp3) is 0.478. The number of piperidine rings is 1. The molecule has 1 aromatic carbocycles. The average Bonchev–Trinajstić information content (AvgIpc) is 2.74. The number of rotatable bonds is 6. The molecular formula is C23H28F3N3O2. The lowest BCUT2D eigenvalue weighted by Gasteiger charge is -2.37. The van der Waals surface area contributed by atoms with Crippen LogP contribution in [-0.2, 0) is 11.0 Å². The van der Waals surface area contributed by atoms with Gasteiger partial charge in [-0.15, -0.1) is 0 Å². The predicted molar refractivity (Wildman–Crippen MR) is 112 cm³/mol. The fourth-order valence-corrected chi connectivity index (χ4v) is 3.64. The van der Waals surface area contributed by atoms with E-state index in [-0.39, 0.29) is 17.9 Å². The number of carbonyl (C=O) groups excluding carboxylic acids is 1. The Balaban J connectivity index is 1.73. The highest BCUT2D eigenvalue weighted by molar-refractivity contribution is 5.83. The smallest absolute Gasteiger partial charge is 0.421 e. The second kappa shape index (κ2) is 9.26. The number of nitrogens with one attached hydrogen (secondary N) is 2. The van der Waals surface area contributed by atoms with Crippen LogP contribution in [0, 0.1) is 5.41 Å². The van der Waals surface area contributed by atoms with E-state index in [0.29, 0.717) is 0 Å². The standard InChI is InChI=1S/C23H28F3N3O2/c1-15(31-20-18(23(24,25)26)10-7-12-28-20)22(2,3)21(30)29-19-11-13-27-14-17(19)16-8-5-4-6-9-16/h4-10,12,15,17,19,27H,11,13-14H2,1-3H3,(H,29,30). The first kappa shape index (κ1) is 23.1. The summed E-state index contributed by atoms with van der Waals surface area (Å²) in [7, 11) is 0. The molecule has 5 nitrogen and oxygen atoms in total. The van der Waals surface area contributed by atoms with Crippen molar-refractivity contribution in [3.63, 3.8) is 0 Å². The number of hydrogen-bond acceptors (Lipinski definition) is 4. The SMILES string of the molecule is CC(Oc1ncccc1C(F)(F)F)C(C)(C)C(=O)NC1CCNCC1c1ccccc1. The predicted octanol–water partition coefficient (Wildman–Crippen LogP) is 4.16. The molecule has 8 heteroatoms. The normalized spacial score (nSPS) is 20.7. The van der Waals surface area contributed by atoms with Crippen LogP contribution in [0.1, 0.15) is 44.2 Å². The molecule has 0 aliphatic carbocycles. The molecule has 2 heterocycles. The van der Waals surface area contributed by atoms with Gasteiger partial charge < -0.3 is 15.4 Å². The Morgan fingerprint density at radius 3 is 2.58 bits per heavy atom. The van der Waals surface area contributed by atoms with Gasteiger partial charge in [0.05, 0.1) is 5.41 Å². The lowest BCUT2D eigenvalue weighted by atomic mass is 9.83. The molecule has 168 valence electrons. The van der Waals surface area contributed by atoms with Gasteiger partial charge in [-0.2, -0.15) is 13.2 Å². The van der Waals surface area contributed by atoms with Crippen molar-refractivity contribution in [1.82, 2.24) is 15.6 Å². The lowest BCUT2D eigenvalue weighted by Crippen LogP contribution is -2.54. The molecule has 1 aliphatic rings. The van der Waals surface area contributed by atoms with E-state index in [1.54, 1.807) is 20.8 Å². The number of carbonyl (C=O) groups is 1. The first-order valence-corrected chi connectivity index (χ1v) is 10.4. The number of pyridine rings is 1. The van der Waals surface area contributed by atoms with E-state index in [1.807, 2.05) is 30.3 Å². The van der Waals surface area contributed by atoms with Crippen molar-refractivity contribution in [1.29, 1.82) is 0 Å². The minimum Gasteiger partial charge on any atom is -0.473 e. The number of benzene rings is 1. The molecule has 3 atom stereocenters. The second-order valence-electron chi connectivity index (χ2n) is 8.43. The highest BCUT2D eigenvalue weighted by atomic mass is 19.4. The van der Waals surface area contributed by atoms with Crippen LogP contribution in [0.2, 0.25) is 0 Å². The average molecular weight is 435 g/mol. The number of amides is 1. The Morgan fingerprint density at radius 2 is 1.90 bits per heavy atom. The van der Waals surface area contributed by atoms with Gasteiger partial charge >= 0.3 is 6.18 Å². The van der Waals surface area contributed by atoms with Crippen molar-refractivity contribution in [2.45, 2.75) is 51.4 Å². The number of halogens is 3. The summed E-state index contributed by atoms with van der Waals surface area (Å²) in [6.45, 7) is 6.45. The van der Waals surface area contributed by atoms with E-state index in [1.165, 1.54) is 12.3 Å². The monoisotopic (exact) mass is 435 g/mol. The van der Waals surface area contributed by atoms with E-state index in [4.69, 9.17) is 4.74 Å². The summed E-state index contributed by atoms with van der Waals surface area (Å²) in [6, 6.07) is 12.0. The van der Waals surface area contributed by atoms with Gasteiger partial charge in [-0.1, -0.05) is 30.3 Å². The summed E-state index contributed by atoms with van der Waals surface area (Å²) in [6.07, 6.45) is -3.42. The summed E-state index contributed by atoms with van der Waals surface area (Å²) in [5.41, 5.74) is -0.905. The van der Waals surface area contributed by atoms with Crippen LogP contribution in [0.5, 0.6) is 5.88 Å². The quantitative estimate of drug-likeness (QED) is 0.716. The summed E-state index contributed by atoms with van der Waals surface area (Å²) in [5.74, 6) is -0.678. The molecule has 1 amide bonds. The Bertz CT molecular complexity index is 887. The second-order valence-corrected chi connectivity index (χ2v) is 8.43. The van der Waals surface area contributed by atoms with Gasteiger partial charge in [0.25, 0.3) is 0 Å². The van der Waals surface area contributed by atoms with Crippen molar-refractivity contribution in [2.24, 2.45) is 5.41 Å². The van der Waals surface area contributed by atoms with Crippen molar-refractivity contribution in [2.75, 3.05) is 13.1 Å². The lowest BCUT2D eigenvalue weighted by molar-refractivity contribution is -0.141. The number of hydrogen-bond donors (Lipinski definition) is 2. The third-order valence-electron chi connectivity index (χ3n) is 5.99. The van der Waals surface area contributed by atoms with E-state index in [0.717, 1.165) is 31.1 Å². The van der Waals surface area contributed by atoms with Gasteiger partial charge in [0.1, 0.15) is 11.7 Å². The third-order valence-corrected chi connectivity index (χ3v) is 5.99. The zero-order valence-electron chi connectivity index (χ0n) is 17.9. The molecular weight excluding hydrogens is 407 g/mol. The third kappa shape index (κ3) is 5.36. The molecule has 1 aromatic heterocycles. The minimum absolute atomic E-state index is 0.0804. The zero-order valence-corrected chi connectivity index (χ0v) is 17.9. The number of aromatic nitrogens is 1. The highest BCUT2D eigenvalue weighted by Crippen LogP contribution is 2.36. The Hall–Kier alpha value is -2.61. The molecule has 1 fully saturated rings. The number of nitrogens with zero attached hydrogens (tertiary/aromatic N) is 1. The van der Waals surface area contributed by atoms with Crippen LogP contribution in [0.15, 0.2) is 48.7 Å². The molecule has 2 N–H and O–H groups in total. The Kier molecular flexibility index (Phi) is 6.89.